The van der Waals surface area contributed by atoms with Crippen LogP contribution in [0.4, 0.5) is 0 Å². The Kier molecular flexibility index (Phi) is 6.94. The number of ether oxygens (including phenoxy) is 1. The third kappa shape index (κ3) is 4.78. The molecule has 2 aromatic rings. The summed E-state index contributed by atoms with van der Waals surface area (Å²) in [5, 5.41) is 20.0. The quantitative estimate of drug-likeness (QED) is 0.843. The van der Waals surface area contributed by atoms with E-state index in [-0.39, 0.29) is 0 Å². The van der Waals surface area contributed by atoms with Crippen LogP contribution in [0.1, 0.15) is 25.0 Å². The van der Waals surface area contributed by atoms with Crippen molar-refractivity contribution in [3.05, 3.63) is 71.8 Å². The molecule has 0 atom stereocenters. The van der Waals surface area contributed by atoms with E-state index < -0.39 is 5.79 Å². The minimum Gasteiger partial charge on any atom is -0.382 e. The highest BCUT2D eigenvalue weighted by molar-refractivity contribution is 5.32. The first-order valence-corrected chi connectivity index (χ1v) is 6.76. The fraction of sp³-hybridized carbons (Fsp3) is 0.294. The van der Waals surface area contributed by atoms with Gasteiger partial charge >= 0.3 is 0 Å². The van der Waals surface area contributed by atoms with Gasteiger partial charge in [-0.15, -0.1) is 0 Å². The highest BCUT2D eigenvalue weighted by Crippen LogP contribution is 2.25. The van der Waals surface area contributed by atoms with E-state index in [4.69, 9.17) is 4.74 Å². The Morgan fingerprint density at radius 2 is 1.10 bits per heavy atom. The van der Waals surface area contributed by atoms with E-state index in [2.05, 4.69) is 0 Å². The van der Waals surface area contributed by atoms with Crippen molar-refractivity contribution in [2.75, 3.05) is 13.2 Å². The van der Waals surface area contributed by atoms with Crippen LogP contribution in [0.3, 0.4) is 0 Å². The van der Waals surface area contributed by atoms with Crippen LogP contribution in [-0.4, -0.2) is 23.4 Å². The number of rotatable bonds is 4. The Bertz CT molecular complexity index is 423. The van der Waals surface area contributed by atoms with Crippen molar-refractivity contribution in [1.29, 1.82) is 0 Å². The maximum Gasteiger partial charge on any atom is 0.217 e. The number of aliphatic hydroxyl groups is 2. The molecule has 0 aromatic heterocycles. The zero-order valence-corrected chi connectivity index (χ0v) is 12.0. The van der Waals surface area contributed by atoms with Gasteiger partial charge in [0, 0.05) is 24.3 Å². The molecule has 20 heavy (non-hydrogen) atoms. The van der Waals surface area contributed by atoms with Crippen molar-refractivity contribution in [1.82, 2.24) is 0 Å². The molecular weight excluding hydrogens is 252 g/mol. The monoisotopic (exact) mass is 274 g/mol. The number of benzene rings is 2. The lowest BCUT2D eigenvalue weighted by molar-refractivity contribution is -0.132. The van der Waals surface area contributed by atoms with E-state index in [1.54, 1.807) is 48.5 Å². The molecule has 0 aliphatic rings. The van der Waals surface area contributed by atoms with E-state index in [0.29, 0.717) is 11.1 Å². The second-order valence-electron chi connectivity index (χ2n) is 4.19. The van der Waals surface area contributed by atoms with Crippen LogP contribution in [0.2, 0.25) is 0 Å². The second kappa shape index (κ2) is 8.48. The molecule has 0 radical (unpaired) electrons. The van der Waals surface area contributed by atoms with Crippen LogP contribution < -0.4 is 0 Å². The van der Waals surface area contributed by atoms with Crippen molar-refractivity contribution in [3.63, 3.8) is 0 Å². The number of hydrogen-bond acceptors (Lipinski definition) is 3. The molecule has 0 bridgehead atoms. The highest BCUT2D eigenvalue weighted by Gasteiger charge is 2.27. The normalized spacial score (nSPS) is 10.6. The van der Waals surface area contributed by atoms with Gasteiger partial charge in [-0.05, 0) is 13.8 Å². The summed E-state index contributed by atoms with van der Waals surface area (Å²) < 4.78 is 4.83. The summed E-state index contributed by atoms with van der Waals surface area (Å²) in [6.45, 7) is 5.67. The Morgan fingerprint density at radius 3 is 1.35 bits per heavy atom. The maximum atomic E-state index is 10.0. The lowest BCUT2D eigenvalue weighted by Crippen LogP contribution is -2.26. The molecule has 3 nitrogen and oxygen atoms in total. The van der Waals surface area contributed by atoms with Gasteiger partial charge in [-0.3, -0.25) is 0 Å². The summed E-state index contributed by atoms with van der Waals surface area (Å²) in [7, 11) is 0. The van der Waals surface area contributed by atoms with Crippen molar-refractivity contribution in [3.8, 4) is 0 Å². The predicted octanol–water partition coefficient (Wildman–Crippen LogP) is 2.92. The molecule has 0 heterocycles. The SMILES string of the molecule is CCOCC.OC(O)(c1ccccc1)c1ccccc1. The van der Waals surface area contributed by atoms with Crippen LogP contribution in [0, 0.1) is 0 Å². The molecule has 0 saturated heterocycles. The van der Waals surface area contributed by atoms with Crippen molar-refractivity contribution in [2.45, 2.75) is 19.6 Å². The summed E-state index contributed by atoms with van der Waals surface area (Å²) in [6.07, 6.45) is 0. The largest absolute Gasteiger partial charge is 0.382 e. The first-order valence-electron chi connectivity index (χ1n) is 6.76. The summed E-state index contributed by atoms with van der Waals surface area (Å²) in [5.41, 5.74) is 0.937. The van der Waals surface area contributed by atoms with Crippen LogP contribution in [-0.2, 0) is 10.5 Å². The molecule has 0 aliphatic carbocycles. The van der Waals surface area contributed by atoms with Crippen LogP contribution in [0.25, 0.3) is 0 Å². The highest BCUT2D eigenvalue weighted by atomic mass is 16.5. The Hall–Kier alpha value is -1.68. The summed E-state index contributed by atoms with van der Waals surface area (Å²) in [4.78, 5) is 0. The minimum absolute atomic E-state index is 0.469. The van der Waals surface area contributed by atoms with Gasteiger partial charge < -0.3 is 14.9 Å². The summed E-state index contributed by atoms with van der Waals surface area (Å²) >= 11 is 0. The molecule has 0 saturated carbocycles. The van der Waals surface area contributed by atoms with Gasteiger partial charge in [0.15, 0.2) is 0 Å². The van der Waals surface area contributed by atoms with Crippen molar-refractivity contribution >= 4 is 0 Å². The average molecular weight is 274 g/mol. The third-order valence-electron chi connectivity index (χ3n) is 2.76. The van der Waals surface area contributed by atoms with Gasteiger partial charge in [0.25, 0.3) is 0 Å². The molecule has 3 heteroatoms. The summed E-state index contributed by atoms with van der Waals surface area (Å²) in [5.74, 6) is -1.91. The molecule has 2 N–H and O–H groups in total. The maximum absolute atomic E-state index is 10.0. The van der Waals surface area contributed by atoms with Crippen LogP contribution in [0.15, 0.2) is 60.7 Å². The van der Waals surface area contributed by atoms with E-state index in [1.165, 1.54) is 0 Å². The zero-order chi connectivity index (χ0) is 14.8. The minimum atomic E-state index is -1.91. The molecule has 2 aromatic carbocycles. The number of hydrogen-bond donors (Lipinski definition) is 2. The fourth-order valence-electron chi connectivity index (χ4n) is 1.71. The standard InChI is InChI=1S/C13H12O2.C4H10O/c14-13(15,11-7-3-1-4-8-11)12-9-5-2-6-10-12;1-3-5-4-2/h1-10,14-15H;3-4H2,1-2H3. The van der Waals surface area contributed by atoms with Gasteiger partial charge in [0.2, 0.25) is 5.79 Å². The Labute approximate surface area is 120 Å². The molecule has 2 rings (SSSR count). The summed E-state index contributed by atoms with van der Waals surface area (Å²) in [6, 6.07) is 17.5. The Morgan fingerprint density at radius 1 is 0.750 bits per heavy atom. The zero-order valence-electron chi connectivity index (χ0n) is 12.0. The topological polar surface area (TPSA) is 49.7 Å². The second-order valence-corrected chi connectivity index (χ2v) is 4.19. The average Bonchev–Trinajstić information content (AvgIpc) is 2.50. The first-order chi connectivity index (χ1) is 9.62. The van der Waals surface area contributed by atoms with Crippen LogP contribution >= 0.6 is 0 Å². The Balaban J connectivity index is 0.000000347. The smallest absolute Gasteiger partial charge is 0.217 e. The van der Waals surface area contributed by atoms with Crippen LogP contribution in [0.5, 0.6) is 0 Å². The molecule has 0 aliphatic heterocycles. The molecular formula is C17H22O3. The fourth-order valence-corrected chi connectivity index (χ4v) is 1.71. The van der Waals surface area contributed by atoms with Gasteiger partial charge in [-0.2, -0.15) is 0 Å². The lowest BCUT2D eigenvalue weighted by Gasteiger charge is -2.22. The van der Waals surface area contributed by atoms with Gasteiger partial charge in [-0.25, -0.2) is 0 Å². The van der Waals surface area contributed by atoms with Gasteiger partial charge in [-0.1, -0.05) is 60.7 Å². The lowest BCUT2D eigenvalue weighted by atomic mass is 9.98. The van der Waals surface area contributed by atoms with E-state index >= 15 is 0 Å². The van der Waals surface area contributed by atoms with E-state index in [9.17, 15) is 10.2 Å². The van der Waals surface area contributed by atoms with E-state index in [1.807, 2.05) is 26.0 Å². The molecule has 0 spiro atoms. The van der Waals surface area contributed by atoms with Gasteiger partial charge in [0.1, 0.15) is 0 Å². The van der Waals surface area contributed by atoms with Gasteiger partial charge in [0.05, 0.1) is 0 Å². The van der Waals surface area contributed by atoms with Crippen molar-refractivity contribution < 1.29 is 14.9 Å². The van der Waals surface area contributed by atoms with E-state index in [0.717, 1.165) is 13.2 Å². The molecule has 108 valence electrons. The van der Waals surface area contributed by atoms with Crippen molar-refractivity contribution in [2.24, 2.45) is 0 Å². The molecule has 0 fully saturated rings. The molecule has 0 unspecified atom stereocenters. The first kappa shape index (κ1) is 16.4. The molecule has 0 amide bonds. The predicted molar refractivity (Wildman–Crippen MR) is 80.3 cm³/mol. The third-order valence-corrected chi connectivity index (χ3v) is 2.76.